The molecule has 0 aliphatic rings. The van der Waals surface area contributed by atoms with Crippen molar-refractivity contribution in [2.45, 2.75) is 18.2 Å². The maximum atomic E-state index is 12.4. The topological polar surface area (TPSA) is 76.0 Å². The third-order valence-corrected chi connectivity index (χ3v) is 6.85. The van der Waals surface area contributed by atoms with Gasteiger partial charge in [0, 0.05) is 40.1 Å². The van der Waals surface area contributed by atoms with E-state index in [2.05, 4.69) is 15.6 Å². The number of nitrogens with zero attached hydrogens (tertiary/aromatic N) is 2. The van der Waals surface area contributed by atoms with Gasteiger partial charge in [0.15, 0.2) is 5.16 Å². The number of thiophene rings is 1. The fraction of sp³-hybridized carbons (Fsp3) is 0.125. The lowest BCUT2D eigenvalue weighted by Crippen LogP contribution is -2.24. The second-order valence-corrected chi connectivity index (χ2v) is 9.49. The maximum absolute atomic E-state index is 12.4. The normalized spacial score (nSPS) is 10.7. The molecule has 168 valence electrons. The van der Waals surface area contributed by atoms with Crippen LogP contribution in [0.2, 0.25) is 5.02 Å². The quantitative estimate of drug-likeness (QED) is 0.322. The van der Waals surface area contributed by atoms with Gasteiger partial charge in [-0.3, -0.25) is 14.2 Å². The number of carbonyl (C=O) groups is 2. The highest BCUT2D eigenvalue weighted by atomic mass is 35.5. The Morgan fingerprint density at radius 2 is 1.79 bits per heavy atom. The van der Waals surface area contributed by atoms with Crippen LogP contribution in [0.25, 0.3) is 5.69 Å². The summed E-state index contributed by atoms with van der Waals surface area (Å²) in [7, 11) is 0. The minimum atomic E-state index is -0.118. The van der Waals surface area contributed by atoms with Crippen LogP contribution in [0, 0.1) is 0 Å². The Morgan fingerprint density at radius 3 is 2.52 bits per heavy atom. The van der Waals surface area contributed by atoms with Gasteiger partial charge in [0.1, 0.15) is 0 Å². The van der Waals surface area contributed by atoms with Crippen LogP contribution in [0.1, 0.15) is 20.8 Å². The maximum Gasteiger partial charge on any atom is 0.251 e. The Balaban J connectivity index is 1.30. The van der Waals surface area contributed by atoms with E-state index in [1.54, 1.807) is 41.8 Å². The van der Waals surface area contributed by atoms with E-state index >= 15 is 0 Å². The molecule has 2 aromatic heterocycles. The minimum Gasteiger partial charge on any atom is -0.351 e. The number of halogens is 1. The number of amides is 2. The van der Waals surface area contributed by atoms with E-state index in [-0.39, 0.29) is 17.6 Å². The van der Waals surface area contributed by atoms with Crippen molar-refractivity contribution in [2.75, 3.05) is 5.75 Å². The Morgan fingerprint density at radius 1 is 1.00 bits per heavy atom. The van der Waals surface area contributed by atoms with Crippen molar-refractivity contribution in [3.05, 3.63) is 99.5 Å². The van der Waals surface area contributed by atoms with Gasteiger partial charge in [0.25, 0.3) is 5.91 Å². The van der Waals surface area contributed by atoms with E-state index in [4.69, 9.17) is 11.6 Å². The number of carbonyl (C=O) groups excluding carboxylic acids is 2. The molecule has 9 heteroatoms. The lowest BCUT2D eigenvalue weighted by atomic mass is 10.2. The molecule has 0 saturated carbocycles. The van der Waals surface area contributed by atoms with E-state index in [0.717, 1.165) is 16.1 Å². The second kappa shape index (κ2) is 11.2. The standard InChI is InChI=1S/C24H21ClN4O2S2/c25-19-7-3-17(4-8-19)14-27-22(30)16-33-24-26-11-12-29(24)20-9-5-18(6-10-20)23(31)28-15-21-2-1-13-32-21/h1-13H,14-16H2,(H,27,30)(H,28,31). The van der Waals surface area contributed by atoms with Crippen molar-refractivity contribution in [2.24, 2.45) is 0 Å². The van der Waals surface area contributed by atoms with Crippen molar-refractivity contribution in [1.82, 2.24) is 20.2 Å². The average molecular weight is 497 g/mol. The molecule has 0 unspecified atom stereocenters. The van der Waals surface area contributed by atoms with E-state index < -0.39 is 0 Å². The average Bonchev–Trinajstić information content (AvgIpc) is 3.53. The SMILES string of the molecule is O=C(CSc1nccn1-c1ccc(C(=O)NCc2cccs2)cc1)NCc1ccc(Cl)cc1. The minimum absolute atomic E-state index is 0.0812. The van der Waals surface area contributed by atoms with Gasteiger partial charge in [-0.1, -0.05) is 41.6 Å². The molecular weight excluding hydrogens is 476 g/mol. The zero-order chi connectivity index (χ0) is 23.0. The van der Waals surface area contributed by atoms with Crippen LogP contribution in [-0.2, 0) is 17.9 Å². The van der Waals surface area contributed by atoms with Crippen molar-refractivity contribution in [3.8, 4) is 5.69 Å². The van der Waals surface area contributed by atoms with Gasteiger partial charge in [-0.15, -0.1) is 11.3 Å². The summed E-state index contributed by atoms with van der Waals surface area (Å²) in [4.78, 5) is 30.1. The van der Waals surface area contributed by atoms with Crippen LogP contribution < -0.4 is 10.6 Å². The molecule has 0 fully saturated rings. The van der Waals surface area contributed by atoms with Crippen LogP contribution in [0.3, 0.4) is 0 Å². The first-order chi connectivity index (χ1) is 16.1. The molecule has 2 aromatic carbocycles. The number of imidazole rings is 1. The molecule has 2 amide bonds. The third kappa shape index (κ3) is 6.47. The molecule has 2 N–H and O–H groups in total. The predicted octanol–water partition coefficient (Wildman–Crippen LogP) is 4.93. The molecule has 0 aliphatic carbocycles. The highest BCUT2D eigenvalue weighted by Gasteiger charge is 2.11. The largest absolute Gasteiger partial charge is 0.351 e. The van der Waals surface area contributed by atoms with Gasteiger partial charge >= 0.3 is 0 Å². The van der Waals surface area contributed by atoms with Crippen LogP contribution >= 0.6 is 34.7 Å². The Bertz CT molecular complexity index is 1210. The van der Waals surface area contributed by atoms with Crippen molar-refractivity contribution in [1.29, 1.82) is 0 Å². The molecule has 4 rings (SSSR count). The molecule has 0 radical (unpaired) electrons. The molecular formula is C24H21ClN4O2S2. The number of hydrogen-bond acceptors (Lipinski definition) is 5. The Hall–Kier alpha value is -3.07. The number of aromatic nitrogens is 2. The van der Waals surface area contributed by atoms with Gasteiger partial charge in [-0.2, -0.15) is 0 Å². The molecule has 33 heavy (non-hydrogen) atoms. The summed E-state index contributed by atoms with van der Waals surface area (Å²) in [6.45, 7) is 0.960. The summed E-state index contributed by atoms with van der Waals surface area (Å²) >= 11 is 8.85. The van der Waals surface area contributed by atoms with E-state index in [9.17, 15) is 9.59 Å². The molecule has 0 bridgehead atoms. The number of hydrogen-bond donors (Lipinski definition) is 2. The Kier molecular flexibility index (Phi) is 7.83. The van der Waals surface area contributed by atoms with Crippen LogP contribution in [-0.4, -0.2) is 27.1 Å². The van der Waals surface area contributed by atoms with E-state index in [1.165, 1.54) is 11.8 Å². The molecule has 0 aliphatic heterocycles. The smallest absolute Gasteiger partial charge is 0.251 e. The first kappa shape index (κ1) is 23.1. The summed E-state index contributed by atoms with van der Waals surface area (Å²) < 4.78 is 1.89. The third-order valence-electron chi connectivity index (χ3n) is 4.75. The zero-order valence-electron chi connectivity index (χ0n) is 17.5. The molecule has 0 saturated heterocycles. The highest BCUT2D eigenvalue weighted by Crippen LogP contribution is 2.21. The first-order valence-corrected chi connectivity index (χ1v) is 12.4. The lowest BCUT2D eigenvalue weighted by molar-refractivity contribution is -0.118. The van der Waals surface area contributed by atoms with Crippen molar-refractivity contribution < 1.29 is 9.59 Å². The first-order valence-electron chi connectivity index (χ1n) is 10.2. The van der Waals surface area contributed by atoms with Crippen LogP contribution in [0.4, 0.5) is 0 Å². The molecule has 4 aromatic rings. The summed E-state index contributed by atoms with van der Waals surface area (Å²) in [5, 5.41) is 9.17. The Labute approximate surface area is 205 Å². The van der Waals surface area contributed by atoms with Crippen molar-refractivity contribution >= 4 is 46.5 Å². The summed E-state index contributed by atoms with van der Waals surface area (Å²) in [6, 6.07) is 18.6. The van der Waals surface area contributed by atoms with Gasteiger partial charge < -0.3 is 10.6 Å². The van der Waals surface area contributed by atoms with Crippen LogP contribution in [0.15, 0.2) is 83.6 Å². The van der Waals surface area contributed by atoms with Gasteiger partial charge in [0.2, 0.25) is 5.91 Å². The summed E-state index contributed by atoms with van der Waals surface area (Å²) in [6.07, 6.45) is 3.52. The van der Waals surface area contributed by atoms with E-state index in [1.807, 2.05) is 52.5 Å². The highest BCUT2D eigenvalue weighted by molar-refractivity contribution is 7.99. The van der Waals surface area contributed by atoms with Gasteiger partial charge in [-0.05, 0) is 53.4 Å². The molecule has 2 heterocycles. The molecule has 6 nitrogen and oxygen atoms in total. The number of nitrogens with one attached hydrogen (secondary N) is 2. The number of thioether (sulfide) groups is 1. The van der Waals surface area contributed by atoms with Crippen LogP contribution in [0.5, 0.6) is 0 Å². The van der Waals surface area contributed by atoms with Crippen molar-refractivity contribution in [3.63, 3.8) is 0 Å². The van der Waals surface area contributed by atoms with Gasteiger partial charge in [-0.25, -0.2) is 4.98 Å². The van der Waals surface area contributed by atoms with E-state index in [0.29, 0.717) is 28.8 Å². The lowest BCUT2D eigenvalue weighted by Gasteiger charge is -2.09. The second-order valence-electron chi connectivity index (χ2n) is 7.08. The zero-order valence-corrected chi connectivity index (χ0v) is 19.9. The fourth-order valence-electron chi connectivity index (χ4n) is 3.03. The fourth-order valence-corrected chi connectivity index (χ4v) is 4.61. The summed E-state index contributed by atoms with van der Waals surface area (Å²) in [5.74, 6) is 0.0446. The number of benzene rings is 2. The number of rotatable bonds is 9. The monoisotopic (exact) mass is 496 g/mol. The molecule has 0 atom stereocenters. The van der Waals surface area contributed by atoms with Gasteiger partial charge in [0.05, 0.1) is 12.3 Å². The summed E-state index contributed by atoms with van der Waals surface area (Å²) in [5.41, 5.74) is 2.44. The molecule has 0 spiro atoms. The predicted molar refractivity (Wildman–Crippen MR) is 133 cm³/mol.